The smallest absolute Gasteiger partial charge is 0.253 e. The third-order valence-corrected chi connectivity index (χ3v) is 2.74. The minimum Gasteiger partial charge on any atom is -0.339 e. The number of halogens is 1. The van der Waals surface area contributed by atoms with Gasteiger partial charge in [0.2, 0.25) is 0 Å². The molecule has 0 aliphatic carbocycles. The van der Waals surface area contributed by atoms with Gasteiger partial charge in [0.25, 0.3) is 5.91 Å². The molecule has 1 aliphatic heterocycles. The molecule has 1 fully saturated rings. The summed E-state index contributed by atoms with van der Waals surface area (Å²) in [7, 11) is 0. The first kappa shape index (κ1) is 9.53. The minimum absolute atomic E-state index is 0.124. The van der Waals surface area contributed by atoms with Crippen LogP contribution in [0.3, 0.4) is 0 Å². The molecule has 0 aromatic heterocycles. The van der Waals surface area contributed by atoms with Crippen LogP contribution in [0.25, 0.3) is 0 Å². The van der Waals surface area contributed by atoms with Gasteiger partial charge >= 0.3 is 0 Å². The van der Waals surface area contributed by atoms with Crippen LogP contribution in [0.15, 0.2) is 24.3 Å². The van der Waals surface area contributed by atoms with Crippen molar-refractivity contribution in [2.24, 2.45) is 0 Å². The maximum absolute atomic E-state index is 11.8. The number of amides is 1. The summed E-state index contributed by atoms with van der Waals surface area (Å²) in [5, 5.41) is 0.669. The van der Waals surface area contributed by atoms with Gasteiger partial charge in [-0.1, -0.05) is 11.6 Å². The zero-order valence-corrected chi connectivity index (χ0v) is 8.63. The molecule has 1 saturated heterocycles. The summed E-state index contributed by atoms with van der Waals surface area (Å²) < 4.78 is 0. The molecule has 1 amide bonds. The molecule has 74 valence electrons. The molecule has 2 nitrogen and oxygen atoms in total. The summed E-state index contributed by atoms with van der Waals surface area (Å²) in [6.07, 6.45) is 2.25. The predicted molar refractivity (Wildman–Crippen MR) is 56.6 cm³/mol. The third kappa shape index (κ3) is 1.90. The third-order valence-electron chi connectivity index (χ3n) is 2.48. The van der Waals surface area contributed by atoms with Crippen molar-refractivity contribution < 1.29 is 4.79 Å². The Bertz CT molecular complexity index is 328. The fraction of sp³-hybridized carbons (Fsp3) is 0.364. The van der Waals surface area contributed by atoms with E-state index in [-0.39, 0.29) is 5.91 Å². The monoisotopic (exact) mass is 209 g/mol. The molecule has 0 atom stereocenters. The van der Waals surface area contributed by atoms with Gasteiger partial charge in [-0.15, -0.1) is 0 Å². The molecule has 2 rings (SSSR count). The molecule has 0 bridgehead atoms. The largest absolute Gasteiger partial charge is 0.339 e. The van der Waals surface area contributed by atoms with Crippen molar-refractivity contribution in [1.82, 2.24) is 4.90 Å². The highest BCUT2D eigenvalue weighted by molar-refractivity contribution is 6.30. The van der Waals surface area contributed by atoms with E-state index in [1.165, 1.54) is 0 Å². The van der Waals surface area contributed by atoms with E-state index in [1.807, 2.05) is 4.90 Å². The summed E-state index contributed by atoms with van der Waals surface area (Å²) in [6, 6.07) is 7.07. The molecular weight excluding hydrogens is 198 g/mol. The van der Waals surface area contributed by atoms with Crippen LogP contribution in [0.5, 0.6) is 0 Å². The SMILES string of the molecule is O=C(c1ccc(Cl)cc1)N1CCCC1. The van der Waals surface area contributed by atoms with Crippen LogP contribution in [0.4, 0.5) is 0 Å². The van der Waals surface area contributed by atoms with E-state index >= 15 is 0 Å². The predicted octanol–water partition coefficient (Wildman–Crippen LogP) is 2.58. The molecule has 0 spiro atoms. The fourth-order valence-electron chi connectivity index (χ4n) is 1.70. The molecule has 0 radical (unpaired) electrons. The average Bonchev–Trinajstić information content (AvgIpc) is 2.71. The molecule has 1 aliphatic rings. The number of rotatable bonds is 1. The Hall–Kier alpha value is -1.02. The molecule has 3 heteroatoms. The van der Waals surface area contributed by atoms with E-state index in [1.54, 1.807) is 24.3 Å². The van der Waals surface area contributed by atoms with Gasteiger partial charge in [-0.05, 0) is 37.1 Å². The summed E-state index contributed by atoms with van der Waals surface area (Å²) in [4.78, 5) is 13.7. The van der Waals surface area contributed by atoms with Crippen molar-refractivity contribution in [1.29, 1.82) is 0 Å². The molecule has 1 aromatic rings. The lowest BCUT2D eigenvalue weighted by Gasteiger charge is -2.14. The van der Waals surface area contributed by atoms with E-state index < -0.39 is 0 Å². The van der Waals surface area contributed by atoms with Crippen LogP contribution in [-0.2, 0) is 0 Å². The van der Waals surface area contributed by atoms with Crippen molar-refractivity contribution in [2.75, 3.05) is 13.1 Å². The van der Waals surface area contributed by atoms with Gasteiger partial charge in [0.1, 0.15) is 0 Å². The van der Waals surface area contributed by atoms with Crippen molar-refractivity contribution >= 4 is 17.5 Å². The molecule has 1 aromatic carbocycles. The van der Waals surface area contributed by atoms with Crippen molar-refractivity contribution in [3.05, 3.63) is 34.9 Å². The summed E-state index contributed by atoms with van der Waals surface area (Å²) in [5.41, 5.74) is 0.733. The zero-order chi connectivity index (χ0) is 9.97. The summed E-state index contributed by atoms with van der Waals surface area (Å²) in [5.74, 6) is 0.124. The van der Waals surface area contributed by atoms with Crippen LogP contribution in [-0.4, -0.2) is 23.9 Å². The van der Waals surface area contributed by atoms with E-state index in [4.69, 9.17) is 11.6 Å². The molecule has 0 N–H and O–H groups in total. The summed E-state index contributed by atoms with van der Waals surface area (Å²) in [6.45, 7) is 1.78. The number of carbonyl (C=O) groups excluding carboxylic acids is 1. The maximum atomic E-state index is 11.8. The van der Waals surface area contributed by atoms with Gasteiger partial charge < -0.3 is 4.90 Å². The standard InChI is InChI=1S/C11H12ClNO/c12-10-5-3-9(4-6-10)11(14)13-7-1-2-8-13/h3-6H,1-2,7-8H2. The zero-order valence-electron chi connectivity index (χ0n) is 7.87. The number of likely N-dealkylation sites (tertiary alicyclic amines) is 1. The highest BCUT2D eigenvalue weighted by Gasteiger charge is 2.18. The average molecular weight is 210 g/mol. The second kappa shape index (κ2) is 4.01. The topological polar surface area (TPSA) is 20.3 Å². The number of hydrogen-bond donors (Lipinski definition) is 0. The maximum Gasteiger partial charge on any atom is 0.253 e. The Morgan fingerprint density at radius 1 is 1.14 bits per heavy atom. The quantitative estimate of drug-likeness (QED) is 0.696. The molecular formula is C11H12ClNO. The second-order valence-electron chi connectivity index (χ2n) is 3.51. The van der Waals surface area contributed by atoms with Crippen molar-refractivity contribution in [2.45, 2.75) is 12.8 Å². The first-order valence-electron chi connectivity index (χ1n) is 4.82. The molecule has 0 unspecified atom stereocenters. The Morgan fingerprint density at radius 3 is 2.29 bits per heavy atom. The van der Waals surface area contributed by atoms with Crippen LogP contribution in [0.2, 0.25) is 5.02 Å². The van der Waals surface area contributed by atoms with E-state index in [9.17, 15) is 4.79 Å². The molecule has 14 heavy (non-hydrogen) atoms. The Balaban J connectivity index is 2.14. The van der Waals surface area contributed by atoms with Crippen LogP contribution in [0.1, 0.15) is 23.2 Å². The number of benzene rings is 1. The molecule has 0 saturated carbocycles. The fourth-order valence-corrected chi connectivity index (χ4v) is 1.82. The Morgan fingerprint density at radius 2 is 1.71 bits per heavy atom. The van der Waals surface area contributed by atoms with Gasteiger partial charge in [-0.25, -0.2) is 0 Å². The van der Waals surface area contributed by atoms with Gasteiger partial charge in [0, 0.05) is 23.7 Å². The van der Waals surface area contributed by atoms with E-state index in [2.05, 4.69) is 0 Å². The lowest BCUT2D eigenvalue weighted by Crippen LogP contribution is -2.27. The second-order valence-corrected chi connectivity index (χ2v) is 3.94. The van der Waals surface area contributed by atoms with E-state index in [0.29, 0.717) is 5.02 Å². The number of hydrogen-bond acceptors (Lipinski definition) is 1. The van der Waals surface area contributed by atoms with Crippen LogP contribution in [0, 0.1) is 0 Å². The normalized spacial score (nSPS) is 15.9. The van der Waals surface area contributed by atoms with Gasteiger partial charge in [-0.3, -0.25) is 4.79 Å². The van der Waals surface area contributed by atoms with Gasteiger partial charge in [0.05, 0.1) is 0 Å². The van der Waals surface area contributed by atoms with Gasteiger partial charge in [0.15, 0.2) is 0 Å². The van der Waals surface area contributed by atoms with Crippen molar-refractivity contribution in [3.8, 4) is 0 Å². The highest BCUT2D eigenvalue weighted by atomic mass is 35.5. The van der Waals surface area contributed by atoms with Crippen molar-refractivity contribution in [3.63, 3.8) is 0 Å². The van der Waals surface area contributed by atoms with E-state index in [0.717, 1.165) is 31.5 Å². The summed E-state index contributed by atoms with van der Waals surface area (Å²) >= 11 is 5.75. The Kier molecular flexibility index (Phi) is 2.73. The lowest BCUT2D eigenvalue weighted by molar-refractivity contribution is 0.0793. The first-order valence-corrected chi connectivity index (χ1v) is 5.20. The van der Waals surface area contributed by atoms with Gasteiger partial charge in [-0.2, -0.15) is 0 Å². The van der Waals surface area contributed by atoms with Crippen LogP contribution >= 0.6 is 11.6 Å². The highest BCUT2D eigenvalue weighted by Crippen LogP contribution is 2.15. The molecule has 1 heterocycles. The van der Waals surface area contributed by atoms with Crippen LogP contribution < -0.4 is 0 Å². The lowest BCUT2D eigenvalue weighted by atomic mass is 10.2. The first-order chi connectivity index (χ1) is 6.77. The number of nitrogens with zero attached hydrogens (tertiary/aromatic N) is 1. The Labute approximate surface area is 88.5 Å². The minimum atomic E-state index is 0.124. The number of carbonyl (C=O) groups is 1.